The Morgan fingerprint density at radius 3 is 2.84 bits per heavy atom. The van der Waals surface area contributed by atoms with E-state index in [4.69, 9.17) is 0 Å². The van der Waals surface area contributed by atoms with Crippen LogP contribution in [0.1, 0.15) is 37.4 Å². The second-order valence-electron chi connectivity index (χ2n) is 5.43. The Morgan fingerprint density at radius 1 is 1.42 bits per heavy atom. The second-order valence-corrected chi connectivity index (χ2v) is 5.43. The van der Waals surface area contributed by atoms with Crippen LogP contribution >= 0.6 is 0 Å². The van der Waals surface area contributed by atoms with Crippen LogP contribution in [0.5, 0.6) is 0 Å². The number of hydrogen-bond donors (Lipinski definition) is 3. The van der Waals surface area contributed by atoms with Gasteiger partial charge < -0.3 is 15.7 Å². The Balaban J connectivity index is 2.17. The summed E-state index contributed by atoms with van der Waals surface area (Å²) in [6.07, 6.45) is 1.87. The van der Waals surface area contributed by atoms with E-state index in [1.165, 1.54) is 5.56 Å². The van der Waals surface area contributed by atoms with Gasteiger partial charge in [-0.2, -0.15) is 0 Å². The number of carbonyl (C=O) groups is 1. The van der Waals surface area contributed by atoms with Crippen molar-refractivity contribution < 1.29 is 9.90 Å². The summed E-state index contributed by atoms with van der Waals surface area (Å²) in [4.78, 5) is 11.9. The minimum atomic E-state index is -0.171. The third-order valence-corrected chi connectivity index (χ3v) is 3.59. The van der Waals surface area contributed by atoms with Crippen LogP contribution in [0.3, 0.4) is 0 Å². The molecule has 19 heavy (non-hydrogen) atoms. The highest BCUT2D eigenvalue weighted by molar-refractivity contribution is 5.74. The van der Waals surface area contributed by atoms with Gasteiger partial charge in [0.15, 0.2) is 0 Å². The molecule has 0 fully saturated rings. The Labute approximate surface area is 114 Å². The molecule has 2 unspecified atom stereocenters. The minimum absolute atomic E-state index is 0.0906. The molecule has 4 nitrogen and oxygen atoms in total. The molecular weight excluding hydrogens is 240 g/mol. The molecule has 0 saturated carbocycles. The summed E-state index contributed by atoms with van der Waals surface area (Å²) in [6.45, 7) is 3.96. The van der Waals surface area contributed by atoms with E-state index in [9.17, 15) is 9.90 Å². The summed E-state index contributed by atoms with van der Waals surface area (Å²) in [7, 11) is 0. The van der Waals surface area contributed by atoms with Crippen molar-refractivity contribution in [1.82, 2.24) is 10.6 Å². The van der Waals surface area contributed by atoms with E-state index in [1.807, 2.05) is 32.0 Å². The molecule has 1 aromatic rings. The van der Waals surface area contributed by atoms with Crippen LogP contribution in [0, 0.1) is 5.92 Å². The quantitative estimate of drug-likeness (QED) is 0.780. The summed E-state index contributed by atoms with van der Waals surface area (Å²) < 4.78 is 0. The average molecular weight is 262 g/mol. The minimum Gasteiger partial charge on any atom is -0.396 e. The number of benzene rings is 1. The number of aliphatic hydroxyl groups is 1. The molecule has 0 aliphatic heterocycles. The maximum atomic E-state index is 11.9. The van der Waals surface area contributed by atoms with Crippen LogP contribution in [-0.2, 0) is 6.42 Å². The van der Waals surface area contributed by atoms with E-state index in [0.29, 0.717) is 0 Å². The van der Waals surface area contributed by atoms with Crippen LogP contribution in [0.15, 0.2) is 24.3 Å². The summed E-state index contributed by atoms with van der Waals surface area (Å²) >= 11 is 0. The number of amides is 2. The third-order valence-electron chi connectivity index (χ3n) is 3.59. The van der Waals surface area contributed by atoms with E-state index in [-0.39, 0.29) is 30.6 Å². The van der Waals surface area contributed by atoms with Crippen LogP contribution in [0.25, 0.3) is 0 Å². The first-order chi connectivity index (χ1) is 9.11. The number of rotatable bonds is 3. The molecule has 0 saturated heterocycles. The van der Waals surface area contributed by atoms with E-state index < -0.39 is 0 Å². The second kappa shape index (κ2) is 6.06. The van der Waals surface area contributed by atoms with E-state index in [0.717, 1.165) is 18.4 Å². The van der Waals surface area contributed by atoms with Gasteiger partial charge in [0.05, 0.1) is 6.04 Å². The van der Waals surface area contributed by atoms with Gasteiger partial charge in [0.1, 0.15) is 0 Å². The van der Waals surface area contributed by atoms with Crippen molar-refractivity contribution >= 4 is 6.03 Å². The first-order valence-corrected chi connectivity index (χ1v) is 6.87. The van der Waals surface area contributed by atoms with Gasteiger partial charge in [-0.25, -0.2) is 4.79 Å². The van der Waals surface area contributed by atoms with Gasteiger partial charge in [-0.1, -0.05) is 24.3 Å². The molecule has 4 heteroatoms. The molecule has 1 aliphatic carbocycles. The zero-order valence-electron chi connectivity index (χ0n) is 11.5. The van der Waals surface area contributed by atoms with Gasteiger partial charge in [-0.3, -0.25) is 0 Å². The third kappa shape index (κ3) is 3.26. The largest absolute Gasteiger partial charge is 0.396 e. The van der Waals surface area contributed by atoms with Gasteiger partial charge in [-0.05, 0) is 37.8 Å². The normalized spacial score (nSPS) is 21.9. The van der Waals surface area contributed by atoms with E-state index >= 15 is 0 Å². The molecule has 0 spiro atoms. The maximum Gasteiger partial charge on any atom is 0.315 e. The predicted molar refractivity (Wildman–Crippen MR) is 74.9 cm³/mol. The first-order valence-electron chi connectivity index (χ1n) is 6.87. The lowest BCUT2D eigenvalue weighted by atomic mass is 9.80. The standard InChI is InChI=1S/C15H22N2O2/c1-10(2)16-15(19)17-14-12(9-18)8-7-11-5-3-4-6-13(11)14/h3-6,10,12,14,18H,7-9H2,1-2H3,(H2,16,17,19). The number of nitrogens with one attached hydrogen (secondary N) is 2. The first kappa shape index (κ1) is 13.9. The monoisotopic (exact) mass is 262 g/mol. The average Bonchev–Trinajstić information content (AvgIpc) is 2.38. The number of carbonyl (C=O) groups excluding carboxylic acids is 1. The van der Waals surface area contributed by atoms with Crippen molar-refractivity contribution in [3.8, 4) is 0 Å². The molecule has 1 aromatic carbocycles. The SMILES string of the molecule is CC(C)NC(=O)NC1c2ccccc2CCC1CO. The molecule has 2 rings (SSSR count). The van der Waals surface area contributed by atoms with Crippen molar-refractivity contribution in [3.63, 3.8) is 0 Å². The van der Waals surface area contributed by atoms with Crippen molar-refractivity contribution in [2.45, 2.75) is 38.8 Å². The predicted octanol–water partition coefficient (Wildman–Crippen LogP) is 1.99. The van der Waals surface area contributed by atoms with Gasteiger partial charge in [0.25, 0.3) is 0 Å². The summed E-state index contributed by atoms with van der Waals surface area (Å²) in [6, 6.07) is 7.96. The molecule has 2 atom stereocenters. The Kier molecular flexibility index (Phi) is 4.43. The number of aryl methyl sites for hydroxylation is 1. The molecule has 104 valence electrons. The zero-order chi connectivity index (χ0) is 13.8. The summed E-state index contributed by atoms with van der Waals surface area (Å²) in [5.74, 6) is 0.0906. The molecule has 0 radical (unpaired) electrons. The molecule has 0 bridgehead atoms. The van der Waals surface area contributed by atoms with Crippen molar-refractivity contribution in [2.24, 2.45) is 5.92 Å². The fourth-order valence-corrected chi connectivity index (χ4v) is 2.66. The van der Waals surface area contributed by atoms with Crippen molar-refractivity contribution in [1.29, 1.82) is 0 Å². The van der Waals surface area contributed by atoms with Crippen LogP contribution in [-0.4, -0.2) is 23.8 Å². The van der Waals surface area contributed by atoms with Crippen LogP contribution < -0.4 is 10.6 Å². The lowest BCUT2D eigenvalue weighted by Crippen LogP contribution is -2.45. The summed E-state index contributed by atoms with van der Waals surface area (Å²) in [5, 5.41) is 15.3. The molecule has 2 amide bonds. The highest BCUT2D eigenvalue weighted by Crippen LogP contribution is 2.33. The molecule has 0 heterocycles. The van der Waals surface area contributed by atoms with Gasteiger partial charge in [0, 0.05) is 18.6 Å². The number of hydrogen-bond acceptors (Lipinski definition) is 2. The van der Waals surface area contributed by atoms with Crippen LogP contribution in [0.2, 0.25) is 0 Å². The fourth-order valence-electron chi connectivity index (χ4n) is 2.66. The van der Waals surface area contributed by atoms with E-state index in [1.54, 1.807) is 0 Å². The Hall–Kier alpha value is -1.55. The molecular formula is C15H22N2O2. The van der Waals surface area contributed by atoms with Gasteiger partial charge in [-0.15, -0.1) is 0 Å². The lowest BCUT2D eigenvalue weighted by molar-refractivity contribution is 0.172. The highest BCUT2D eigenvalue weighted by Gasteiger charge is 2.30. The van der Waals surface area contributed by atoms with Crippen LogP contribution in [0.4, 0.5) is 4.79 Å². The number of urea groups is 1. The fraction of sp³-hybridized carbons (Fsp3) is 0.533. The van der Waals surface area contributed by atoms with Gasteiger partial charge in [0.2, 0.25) is 0 Å². The van der Waals surface area contributed by atoms with Gasteiger partial charge >= 0.3 is 6.03 Å². The summed E-state index contributed by atoms with van der Waals surface area (Å²) in [5.41, 5.74) is 2.40. The Morgan fingerprint density at radius 2 is 2.16 bits per heavy atom. The number of fused-ring (bicyclic) bond motifs is 1. The van der Waals surface area contributed by atoms with Crippen molar-refractivity contribution in [3.05, 3.63) is 35.4 Å². The van der Waals surface area contributed by atoms with E-state index in [2.05, 4.69) is 16.7 Å². The lowest BCUT2D eigenvalue weighted by Gasteiger charge is -2.33. The molecule has 3 N–H and O–H groups in total. The molecule has 1 aliphatic rings. The highest BCUT2D eigenvalue weighted by atomic mass is 16.3. The Bertz CT molecular complexity index is 446. The topological polar surface area (TPSA) is 61.4 Å². The number of aliphatic hydroxyl groups excluding tert-OH is 1. The maximum absolute atomic E-state index is 11.9. The molecule has 0 aromatic heterocycles. The van der Waals surface area contributed by atoms with Crippen molar-refractivity contribution in [2.75, 3.05) is 6.61 Å². The smallest absolute Gasteiger partial charge is 0.315 e. The zero-order valence-corrected chi connectivity index (χ0v) is 11.5.